The molecule has 19 heavy (non-hydrogen) atoms. The maximum Gasteiger partial charge on any atom is 0.311 e. The molecule has 1 heterocycles. The molecule has 0 radical (unpaired) electrons. The third kappa shape index (κ3) is 3.08. The molecule has 1 aliphatic rings. The summed E-state index contributed by atoms with van der Waals surface area (Å²) in [5.41, 5.74) is -1.19. The Hall–Kier alpha value is -1.10. The fourth-order valence-electron chi connectivity index (χ4n) is 2.71. The topological polar surface area (TPSA) is 78.4 Å². The van der Waals surface area contributed by atoms with Gasteiger partial charge in [-0.15, -0.1) is 0 Å². The summed E-state index contributed by atoms with van der Waals surface area (Å²) >= 11 is 0. The molecule has 1 saturated heterocycles. The maximum atomic E-state index is 12.4. The fourth-order valence-corrected chi connectivity index (χ4v) is 2.71. The second-order valence-electron chi connectivity index (χ2n) is 5.54. The summed E-state index contributed by atoms with van der Waals surface area (Å²) in [6.07, 6.45) is 2.66. The lowest BCUT2D eigenvalue weighted by Gasteiger charge is -2.31. The van der Waals surface area contributed by atoms with Crippen molar-refractivity contribution in [1.82, 2.24) is 10.6 Å². The van der Waals surface area contributed by atoms with Crippen LogP contribution in [-0.4, -0.2) is 36.6 Å². The molecule has 5 heteroatoms. The molecule has 1 rings (SSSR count). The van der Waals surface area contributed by atoms with Gasteiger partial charge in [-0.05, 0) is 32.2 Å². The van der Waals surface area contributed by atoms with Gasteiger partial charge < -0.3 is 15.7 Å². The molecule has 110 valence electrons. The summed E-state index contributed by atoms with van der Waals surface area (Å²) in [5, 5.41) is 15.5. The Morgan fingerprint density at radius 1 is 1.32 bits per heavy atom. The van der Waals surface area contributed by atoms with Crippen molar-refractivity contribution in [2.24, 2.45) is 10.8 Å². The van der Waals surface area contributed by atoms with Gasteiger partial charge in [0, 0.05) is 13.1 Å². The van der Waals surface area contributed by atoms with Crippen molar-refractivity contribution in [2.45, 2.75) is 46.5 Å². The molecule has 0 bridgehead atoms. The van der Waals surface area contributed by atoms with Gasteiger partial charge in [0.25, 0.3) is 0 Å². The van der Waals surface area contributed by atoms with E-state index in [9.17, 15) is 14.7 Å². The van der Waals surface area contributed by atoms with Crippen molar-refractivity contribution in [3.8, 4) is 0 Å². The molecule has 0 saturated carbocycles. The summed E-state index contributed by atoms with van der Waals surface area (Å²) in [5.74, 6) is -0.833. The number of rotatable bonds is 7. The molecule has 0 aromatic carbocycles. The van der Waals surface area contributed by atoms with Crippen LogP contribution >= 0.6 is 0 Å². The van der Waals surface area contributed by atoms with Gasteiger partial charge in [0.05, 0.1) is 10.8 Å². The first-order chi connectivity index (χ1) is 8.96. The SMILES string of the molecule is CCC(CC)(CNC(=O)C1(CC)CCNC1)C(=O)O. The molecule has 5 nitrogen and oxygen atoms in total. The number of carbonyl (C=O) groups excluding carboxylic acids is 1. The molecule has 0 aromatic rings. The Bertz CT molecular complexity index is 332. The van der Waals surface area contributed by atoms with Crippen LogP contribution in [0, 0.1) is 10.8 Å². The van der Waals surface area contributed by atoms with E-state index in [0.29, 0.717) is 19.4 Å². The summed E-state index contributed by atoms with van der Waals surface area (Å²) in [6.45, 7) is 7.49. The Labute approximate surface area is 115 Å². The van der Waals surface area contributed by atoms with Crippen LogP contribution in [0.5, 0.6) is 0 Å². The molecular formula is C14H26N2O3. The van der Waals surface area contributed by atoms with Crippen molar-refractivity contribution in [1.29, 1.82) is 0 Å². The Balaban J connectivity index is 2.69. The van der Waals surface area contributed by atoms with Gasteiger partial charge in [-0.1, -0.05) is 20.8 Å². The van der Waals surface area contributed by atoms with Crippen LogP contribution in [0.25, 0.3) is 0 Å². The minimum atomic E-state index is -0.837. The first-order valence-electron chi connectivity index (χ1n) is 7.19. The van der Waals surface area contributed by atoms with Crippen LogP contribution in [0.4, 0.5) is 0 Å². The molecule has 1 unspecified atom stereocenters. The minimum absolute atomic E-state index is 0.00692. The van der Waals surface area contributed by atoms with Gasteiger partial charge in [-0.2, -0.15) is 0 Å². The van der Waals surface area contributed by atoms with Crippen molar-refractivity contribution in [2.75, 3.05) is 19.6 Å². The lowest BCUT2D eigenvalue weighted by atomic mass is 9.80. The second kappa shape index (κ2) is 6.37. The van der Waals surface area contributed by atoms with E-state index in [-0.39, 0.29) is 17.9 Å². The summed E-state index contributed by atoms with van der Waals surface area (Å²) in [7, 11) is 0. The predicted molar refractivity (Wildman–Crippen MR) is 73.9 cm³/mol. The number of amides is 1. The number of carboxylic acids is 1. The molecule has 0 aromatic heterocycles. The maximum absolute atomic E-state index is 12.4. The average Bonchev–Trinajstić information content (AvgIpc) is 2.90. The number of hydrogen-bond donors (Lipinski definition) is 3. The third-order valence-corrected chi connectivity index (χ3v) is 4.80. The van der Waals surface area contributed by atoms with Gasteiger partial charge in [0.2, 0.25) is 5.91 Å². The highest BCUT2D eigenvalue weighted by atomic mass is 16.4. The number of carboxylic acid groups (broad SMARTS) is 1. The zero-order valence-corrected chi connectivity index (χ0v) is 12.2. The number of aliphatic carboxylic acids is 1. The van der Waals surface area contributed by atoms with Gasteiger partial charge in [0.15, 0.2) is 0 Å². The highest BCUT2D eigenvalue weighted by Gasteiger charge is 2.41. The first-order valence-corrected chi connectivity index (χ1v) is 7.19. The molecule has 1 amide bonds. The van der Waals surface area contributed by atoms with E-state index in [2.05, 4.69) is 10.6 Å². The van der Waals surface area contributed by atoms with E-state index in [1.807, 2.05) is 20.8 Å². The van der Waals surface area contributed by atoms with Gasteiger partial charge in [0.1, 0.15) is 0 Å². The van der Waals surface area contributed by atoms with Crippen LogP contribution in [0.2, 0.25) is 0 Å². The highest BCUT2D eigenvalue weighted by molar-refractivity contribution is 5.84. The zero-order valence-electron chi connectivity index (χ0n) is 12.2. The quantitative estimate of drug-likeness (QED) is 0.653. The second-order valence-corrected chi connectivity index (χ2v) is 5.54. The highest BCUT2D eigenvalue weighted by Crippen LogP contribution is 2.31. The summed E-state index contributed by atoms with van der Waals surface area (Å²) < 4.78 is 0. The first kappa shape index (κ1) is 16.0. The molecular weight excluding hydrogens is 244 g/mol. The average molecular weight is 270 g/mol. The van der Waals surface area contributed by atoms with E-state index in [4.69, 9.17) is 0 Å². The lowest BCUT2D eigenvalue weighted by Crippen LogP contribution is -2.48. The van der Waals surface area contributed by atoms with E-state index < -0.39 is 11.4 Å². The van der Waals surface area contributed by atoms with Crippen LogP contribution in [0.1, 0.15) is 46.5 Å². The van der Waals surface area contributed by atoms with Crippen LogP contribution in [0.15, 0.2) is 0 Å². The minimum Gasteiger partial charge on any atom is -0.481 e. The molecule has 3 N–H and O–H groups in total. The molecule has 1 aliphatic heterocycles. The van der Waals surface area contributed by atoms with Crippen LogP contribution in [0.3, 0.4) is 0 Å². The van der Waals surface area contributed by atoms with Crippen LogP contribution < -0.4 is 10.6 Å². The monoisotopic (exact) mass is 270 g/mol. The Morgan fingerprint density at radius 3 is 2.32 bits per heavy atom. The Morgan fingerprint density at radius 2 is 1.95 bits per heavy atom. The van der Waals surface area contributed by atoms with Gasteiger partial charge in [-0.25, -0.2) is 0 Å². The van der Waals surface area contributed by atoms with Crippen LogP contribution in [-0.2, 0) is 9.59 Å². The smallest absolute Gasteiger partial charge is 0.311 e. The summed E-state index contributed by atoms with van der Waals surface area (Å²) in [4.78, 5) is 23.8. The van der Waals surface area contributed by atoms with Gasteiger partial charge in [-0.3, -0.25) is 9.59 Å². The fraction of sp³-hybridized carbons (Fsp3) is 0.857. The molecule has 0 aliphatic carbocycles. The van der Waals surface area contributed by atoms with Gasteiger partial charge >= 0.3 is 5.97 Å². The van der Waals surface area contributed by atoms with Crippen molar-refractivity contribution in [3.63, 3.8) is 0 Å². The number of hydrogen-bond acceptors (Lipinski definition) is 3. The normalized spacial score (nSPS) is 23.3. The third-order valence-electron chi connectivity index (χ3n) is 4.80. The zero-order chi connectivity index (χ0) is 14.5. The molecule has 1 fully saturated rings. The van der Waals surface area contributed by atoms with E-state index in [0.717, 1.165) is 19.4 Å². The van der Waals surface area contributed by atoms with Crippen molar-refractivity contribution >= 4 is 11.9 Å². The molecule has 1 atom stereocenters. The van der Waals surface area contributed by atoms with E-state index in [1.165, 1.54) is 0 Å². The number of nitrogens with one attached hydrogen (secondary N) is 2. The predicted octanol–water partition coefficient (Wildman–Crippen LogP) is 1.38. The van der Waals surface area contributed by atoms with Crippen molar-refractivity contribution in [3.05, 3.63) is 0 Å². The largest absolute Gasteiger partial charge is 0.481 e. The Kier molecular flexibility index (Phi) is 5.35. The lowest BCUT2D eigenvalue weighted by molar-refractivity contribution is -0.149. The van der Waals surface area contributed by atoms with Crippen molar-refractivity contribution < 1.29 is 14.7 Å². The molecule has 0 spiro atoms. The van der Waals surface area contributed by atoms with E-state index >= 15 is 0 Å². The summed E-state index contributed by atoms with van der Waals surface area (Å²) in [6, 6.07) is 0. The number of carbonyl (C=O) groups is 2. The standard InChI is InChI=1S/C14H26N2O3/c1-4-13(5-2,12(18)19)10-16-11(17)14(6-3)7-8-15-9-14/h15H,4-10H2,1-3H3,(H,16,17)(H,18,19). The van der Waals surface area contributed by atoms with E-state index in [1.54, 1.807) is 0 Å².